The molecule has 0 bridgehead atoms. The van der Waals surface area contributed by atoms with Gasteiger partial charge in [0.05, 0.1) is 13.2 Å². The van der Waals surface area contributed by atoms with Crippen LogP contribution in [-0.2, 0) is 9.53 Å². The predicted molar refractivity (Wildman–Crippen MR) is 78.7 cm³/mol. The Balaban J connectivity index is 0.00000180. The Hall–Kier alpha value is -0.320. The molecule has 19 heavy (non-hydrogen) atoms. The van der Waals surface area contributed by atoms with Gasteiger partial charge in [-0.1, -0.05) is 13.3 Å². The van der Waals surface area contributed by atoms with Crippen LogP contribution >= 0.6 is 12.4 Å². The smallest absolute Gasteiger partial charge is 0.224 e. The van der Waals surface area contributed by atoms with E-state index in [1.54, 1.807) is 0 Å². The molecule has 0 aromatic rings. The highest BCUT2D eigenvalue weighted by atomic mass is 35.5. The molecule has 0 saturated carbocycles. The predicted octanol–water partition coefficient (Wildman–Crippen LogP) is 1.83. The lowest BCUT2D eigenvalue weighted by atomic mass is 9.93. The summed E-state index contributed by atoms with van der Waals surface area (Å²) in [4.78, 5) is 14.3. The number of amides is 1. The number of carbonyl (C=O) groups excluding carboxylic acids is 1. The van der Waals surface area contributed by atoms with Gasteiger partial charge < -0.3 is 15.0 Å². The molecule has 0 radical (unpaired) electrons. The van der Waals surface area contributed by atoms with Crippen molar-refractivity contribution < 1.29 is 9.53 Å². The number of rotatable bonds is 4. The maximum absolute atomic E-state index is 12.2. The van der Waals surface area contributed by atoms with Crippen LogP contribution in [0.4, 0.5) is 0 Å². The third kappa shape index (κ3) is 5.28. The molecule has 2 unspecified atom stereocenters. The van der Waals surface area contributed by atoms with Crippen LogP contribution < -0.4 is 5.32 Å². The van der Waals surface area contributed by atoms with Crippen molar-refractivity contribution in [2.24, 2.45) is 5.92 Å². The van der Waals surface area contributed by atoms with Gasteiger partial charge in [-0.25, -0.2) is 0 Å². The minimum atomic E-state index is 0. The van der Waals surface area contributed by atoms with Gasteiger partial charge in [-0.05, 0) is 25.2 Å². The van der Waals surface area contributed by atoms with Crippen molar-refractivity contribution in [2.75, 3.05) is 32.8 Å². The Morgan fingerprint density at radius 3 is 3.00 bits per heavy atom. The van der Waals surface area contributed by atoms with Crippen LogP contribution in [0.1, 0.15) is 39.0 Å². The summed E-state index contributed by atoms with van der Waals surface area (Å²) in [5, 5.41) is 3.35. The first kappa shape index (κ1) is 16.7. The van der Waals surface area contributed by atoms with E-state index in [4.69, 9.17) is 4.74 Å². The number of morpholine rings is 1. The third-order valence-electron chi connectivity index (χ3n) is 3.99. The van der Waals surface area contributed by atoms with Crippen LogP contribution in [0.15, 0.2) is 0 Å². The van der Waals surface area contributed by atoms with Crippen molar-refractivity contribution in [2.45, 2.75) is 45.1 Å². The molecule has 2 atom stereocenters. The SMILES string of the molecule is CCCC1CCCN(C(=O)CC2COCCN2)C1.Cl. The molecule has 2 rings (SSSR count). The number of halogens is 1. The van der Waals surface area contributed by atoms with Gasteiger partial charge in [0, 0.05) is 32.1 Å². The zero-order chi connectivity index (χ0) is 12.8. The van der Waals surface area contributed by atoms with E-state index in [9.17, 15) is 4.79 Å². The molecule has 2 saturated heterocycles. The van der Waals surface area contributed by atoms with Crippen LogP contribution in [0, 0.1) is 5.92 Å². The van der Waals surface area contributed by atoms with Gasteiger partial charge in [0.15, 0.2) is 0 Å². The van der Waals surface area contributed by atoms with Gasteiger partial charge in [0.1, 0.15) is 0 Å². The van der Waals surface area contributed by atoms with E-state index in [2.05, 4.69) is 17.1 Å². The molecule has 0 spiro atoms. The number of carbonyl (C=O) groups is 1. The van der Waals surface area contributed by atoms with Gasteiger partial charge in [0.25, 0.3) is 0 Å². The number of hydrogen-bond acceptors (Lipinski definition) is 3. The number of ether oxygens (including phenoxy) is 1. The van der Waals surface area contributed by atoms with Gasteiger partial charge in [-0.15, -0.1) is 12.4 Å². The molecule has 0 aliphatic carbocycles. The van der Waals surface area contributed by atoms with E-state index >= 15 is 0 Å². The topological polar surface area (TPSA) is 41.6 Å². The summed E-state index contributed by atoms with van der Waals surface area (Å²) in [7, 11) is 0. The summed E-state index contributed by atoms with van der Waals surface area (Å²) >= 11 is 0. The number of nitrogens with zero attached hydrogens (tertiary/aromatic N) is 1. The fourth-order valence-corrected chi connectivity index (χ4v) is 3.03. The molecular formula is C14H27ClN2O2. The van der Waals surface area contributed by atoms with Crippen molar-refractivity contribution in [3.05, 3.63) is 0 Å². The molecule has 0 aromatic heterocycles. The molecule has 5 heteroatoms. The van der Waals surface area contributed by atoms with Crippen molar-refractivity contribution in [1.82, 2.24) is 10.2 Å². The monoisotopic (exact) mass is 290 g/mol. The second-order valence-corrected chi connectivity index (χ2v) is 5.57. The first-order valence-corrected chi connectivity index (χ1v) is 7.38. The molecule has 1 amide bonds. The minimum Gasteiger partial charge on any atom is -0.378 e. The summed E-state index contributed by atoms with van der Waals surface area (Å²) in [5.41, 5.74) is 0. The summed E-state index contributed by atoms with van der Waals surface area (Å²) in [6, 6.07) is 0.220. The lowest BCUT2D eigenvalue weighted by molar-refractivity contribution is -0.134. The van der Waals surface area contributed by atoms with E-state index in [1.807, 2.05) is 0 Å². The largest absolute Gasteiger partial charge is 0.378 e. The second kappa shape index (κ2) is 8.77. The Labute approximate surface area is 122 Å². The van der Waals surface area contributed by atoms with Crippen LogP contribution in [0.3, 0.4) is 0 Å². The molecule has 1 N–H and O–H groups in total. The molecule has 2 aliphatic heterocycles. The summed E-state index contributed by atoms with van der Waals surface area (Å²) in [6.07, 6.45) is 5.55. The summed E-state index contributed by atoms with van der Waals surface area (Å²) in [6.45, 7) is 6.47. The van der Waals surface area contributed by atoms with Crippen molar-refractivity contribution in [3.8, 4) is 0 Å². The van der Waals surface area contributed by atoms with Crippen molar-refractivity contribution >= 4 is 18.3 Å². The Bertz CT molecular complexity index is 268. The van der Waals surface area contributed by atoms with Gasteiger partial charge in [0.2, 0.25) is 5.91 Å². The maximum atomic E-state index is 12.2. The van der Waals surface area contributed by atoms with E-state index < -0.39 is 0 Å². The lowest BCUT2D eigenvalue weighted by Gasteiger charge is -2.34. The molecule has 2 fully saturated rings. The fraction of sp³-hybridized carbons (Fsp3) is 0.929. The lowest BCUT2D eigenvalue weighted by Crippen LogP contribution is -2.47. The quantitative estimate of drug-likeness (QED) is 0.859. The highest BCUT2D eigenvalue weighted by Crippen LogP contribution is 2.21. The van der Waals surface area contributed by atoms with Gasteiger partial charge in [-0.3, -0.25) is 4.79 Å². The maximum Gasteiger partial charge on any atom is 0.224 e. The van der Waals surface area contributed by atoms with Gasteiger partial charge in [-0.2, -0.15) is 0 Å². The summed E-state index contributed by atoms with van der Waals surface area (Å²) in [5.74, 6) is 1.03. The highest BCUT2D eigenvalue weighted by molar-refractivity contribution is 5.85. The third-order valence-corrected chi connectivity index (χ3v) is 3.99. The van der Waals surface area contributed by atoms with Crippen LogP contribution in [0.25, 0.3) is 0 Å². The van der Waals surface area contributed by atoms with Crippen molar-refractivity contribution in [3.63, 3.8) is 0 Å². The number of hydrogen-bond donors (Lipinski definition) is 1. The zero-order valence-electron chi connectivity index (χ0n) is 11.9. The second-order valence-electron chi connectivity index (χ2n) is 5.57. The standard InChI is InChI=1S/C14H26N2O2.ClH/c1-2-4-12-5-3-7-16(10-12)14(17)9-13-11-18-8-6-15-13;/h12-13,15H,2-11H2,1H3;1H. The van der Waals surface area contributed by atoms with Crippen molar-refractivity contribution in [1.29, 1.82) is 0 Å². The Morgan fingerprint density at radius 2 is 2.32 bits per heavy atom. The zero-order valence-corrected chi connectivity index (χ0v) is 12.7. The normalized spacial score (nSPS) is 27.7. The number of nitrogens with one attached hydrogen (secondary N) is 1. The molecule has 112 valence electrons. The Morgan fingerprint density at radius 1 is 1.47 bits per heavy atom. The minimum absolute atomic E-state index is 0. The number of piperidine rings is 1. The molecule has 4 nitrogen and oxygen atoms in total. The molecule has 2 aliphatic rings. The average molecular weight is 291 g/mol. The van der Waals surface area contributed by atoms with E-state index in [-0.39, 0.29) is 18.4 Å². The first-order chi connectivity index (χ1) is 8.79. The first-order valence-electron chi connectivity index (χ1n) is 7.38. The Kier molecular flexibility index (Phi) is 7.73. The number of likely N-dealkylation sites (tertiary alicyclic amines) is 1. The average Bonchev–Trinajstić information content (AvgIpc) is 2.40. The summed E-state index contributed by atoms with van der Waals surface area (Å²) < 4.78 is 5.40. The molecule has 2 heterocycles. The van der Waals surface area contributed by atoms with E-state index in [0.717, 1.165) is 32.2 Å². The van der Waals surface area contributed by atoms with Crippen LogP contribution in [-0.4, -0.2) is 49.7 Å². The van der Waals surface area contributed by atoms with E-state index in [1.165, 1.54) is 25.7 Å². The van der Waals surface area contributed by atoms with Crippen LogP contribution in [0.5, 0.6) is 0 Å². The molecular weight excluding hydrogens is 264 g/mol. The van der Waals surface area contributed by atoms with E-state index in [0.29, 0.717) is 18.9 Å². The van der Waals surface area contributed by atoms with Crippen LogP contribution in [0.2, 0.25) is 0 Å². The highest BCUT2D eigenvalue weighted by Gasteiger charge is 2.25. The fourth-order valence-electron chi connectivity index (χ4n) is 3.03. The van der Waals surface area contributed by atoms with Gasteiger partial charge >= 0.3 is 0 Å². The molecule has 0 aromatic carbocycles.